The molecule has 5 nitrogen and oxygen atoms in total. The third-order valence-electron chi connectivity index (χ3n) is 3.93. The predicted molar refractivity (Wildman–Crippen MR) is 105 cm³/mol. The highest BCUT2D eigenvalue weighted by Gasteiger charge is 2.16. The number of fused-ring (bicyclic) bond motifs is 1. The average Bonchev–Trinajstić information content (AvgIpc) is 3.00. The summed E-state index contributed by atoms with van der Waals surface area (Å²) >= 11 is 7.31. The Bertz CT molecular complexity index is 1010. The molecule has 3 rings (SSSR count). The number of methoxy groups -OCH3 is 2. The van der Waals surface area contributed by atoms with Gasteiger partial charge in [-0.2, -0.15) is 4.99 Å². The van der Waals surface area contributed by atoms with Crippen LogP contribution in [0, 0.1) is 0 Å². The highest BCUT2D eigenvalue weighted by Crippen LogP contribution is 2.35. The van der Waals surface area contributed by atoms with Crippen LogP contribution in [0.1, 0.15) is 23.7 Å². The third-order valence-corrected chi connectivity index (χ3v) is 5.27. The molecule has 3 aromatic rings. The Kier molecular flexibility index (Phi) is 5.64. The van der Waals surface area contributed by atoms with Gasteiger partial charge in [-0.1, -0.05) is 29.9 Å². The average molecular weight is 391 g/mol. The van der Waals surface area contributed by atoms with Crippen LogP contribution in [0.3, 0.4) is 0 Å². The van der Waals surface area contributed by atoms with Crippen LogP contribution in [0.4, 0.5) is 0 Å². The second kappa shape index (κ2) is 7.93. The van der Waals surface area contributed by atoms with Crippen LogP contribution in [0.2, 0.25) is 5.02 Å². The topological polar surface area (TPSA) is 52.8 Å². The summed E-state index contributed by atoms with van der Waals surface area (Å²) in [4.78, 5) is 17.6. The molecule has 0 saturated heterocycles. The van der Waals surface area contributed by atoms with Gasteiger partial charge in [0.25, 0.3) is 5.91 Å². The van der Waals surface area contributed by atoms with E-state index in [1.807, 2.05) is 16.7 Å². The predicted octanol–water partition coefficient (Wildman–Crippen LogP) is 4.52. The molecule has 0 radical (unpaired) electrons. The molecule has 0 aliphatic rings. The van der Waals surface area contributed by atoms with E-state index < -0.39 is 0 Å². The lowest BCUT2D eigenvalue weighted by Crippen LogP contribution is -2.17. The number of carbonyl (C=O) groups excluding carboxylic acids is 1. The number of aryl methyl sites for hydroxylation is 1. The number of halogens is 1. The number of carbonyl (C=O) groups is 1. The van der Waals surface area contributed by atoms with Gasteiger partial charge in [0, 0.05) is 17.1 Å². The largest absolute Gasteiger partial charge is 0.495 e. The monoisotopic (exact) mass is 390 g/mol. The van der Waals surface area contributed by atoms with Gasteiger partial charge >= 0.3 is 0 Å². The summed E-state index contributed by atoms with van der Waals surface area (Å²) in [5.74, 6) is 1.15. The maximum Gasteiger partial charge on any atom is 0.279 e. The molecule has 1 amide bonds. The molecule has 26 heavy (non-hydrogen) atoms. The molecule has 0 atom stereocenters. The Morgan fingerprint density at radius 1 is 1.12 bits per heavy atom. The maximum atomic E-state index is 12.6. The van der Waals surface area contributed by atoms with Gasteiger partial charge in [0.15, 0.2) is 4.80 Å². The van der Waals surface area contributed by atoms with Gasteiger partial charge < -0.3 is 14.0 Å². The van der Waals surface area contributed by atoms with Crippen molar-refractivity contribution in [1.82, 2.24) is 4.57 Å². The van der Waals surface area contributed by atoms with Gasteiger partial charge in [-0.25, -0.2) is 0 Å². The fourth-order valence-electron chi connectivity index (χ4n) is 2.71. The first kappa shape index (κ1) is 18.5. The molecule has 0 N–H and O–H groups in total. The minimum absolute atomic E-state index is 0.309. The first-order chi connectivity index (χ1) is 12.6. The third kappa shape index (κ3) is 3.48. The summed E-state index contributed by atoms with van der Waals surface area (Å²) in [6.45, 7) is 2.80. The summed E-state index contributed by atoms with van der Waals surface area (Å²) in [6.07, 6.45) is 0.897. The molecule has 0 fully saturated rings. The van der Waals surface area contributed by atoms with Gasteiger partial charge in [0.05, 0.1) is 14.2 Å². The number of hydrogen-bond acceptors (Lipinski definition) is 4. The zero-order valence-electron chi connectivity index (χ0n) is 14.8. The van der Waals surface area contributed by atoms with E-state index >= 15 is 0 Å². The van der Waals surface area contributed by atoms with Crippen LogP contribution >= 0.6 is 22.9 Å². The van der Waals surface area contributed by atoms with Crippen molar-refractivity contribution in [2.45, 2.75) is 19.9 Å². The standard InChI is InChI=1S/C19H19ClN2O3S/c1-4-11-22-16-14(24-2)9-10-15(25-3)17(16)26-19(22)21-18(23)12-5-7-13(20)8-6-12/h5-10H,4,11H2,1-3H3. The number of aromatic nitrogens is 1. The first-order valence-corrected chi connectivity index (χ1v) is 9.37. The lowest BCUT2D eigenvalue weighted by molar-refractivity contribution is 0.0998. The molecule has 2 aromatic carbocycles. The van der Waals surface area contributed by atoms with Crippen molar-refractivity contribution < 1.29 is 14.3 Å². The summed E-state index contributed by atoms with van der Waals surface area (Å²) in [5, 5.41) is 0.582. The Morgan fingerprint density at radius 2 is 1.77 bits per heavy atom. The summed E-state index contributed by atoms with van der Waals surface area (Å²) in [7, 11) is 3.26. The van der Waals surface area contributed by atoms with E-state index in [1.165, 1.54) is 11.3 Å². The van der Waals surface area contributed by atoms with Gasteiger partial charge in [-0.15, -0.1) is 0 Å². The summed E-state index contributed by atoms with van der Waals surface area (Å²) < 4.78 is 13.9. The number of benzene rings is 2. The highest BCUT2D eigenvalue weighted by atomic mass is 35.5. The lowest BCUT2D eigenvalue weighted by atomic mass is 10.2. The second-order valence-electron chi connectivity index (χ2n) is 5.61. The molecule has 0 spiro atoms. The van der Waals surface area contributed by atoms with Crippen LogP contribution in [0.5, 0.6) is 11.5 Å². The van der Waals surface area contributed by atoms with Crippen molar-refractivity contribution >= 4 is 39.1 Å². The highest BCUT2D eigenvalue weighted by molar-refractivity contribution is 7.16. The molecular weight excluding hydrogens is 372 g/mol. The second-order valence-corrected chi connectivity index (χ2v) is 7.02. The Labute approximate surface area is 160 Å². The molecule has 1 aromatic heterocycles. The van der Waals surface area contributed by atoms with E-state index in [1.54, 1.807) is 38.5 Å². The zero-order valence-corrected chi connectivity index (χ0v) is 16.4. The quantitative estimate of drug-likeness (QED) is 0.643. The zero-order chi connectivity index (χ0) is 18.7. The van der Waals surface area contributed by atoms with Crippen molar-refractivity contribution in [3.63, 3.8) is 0 Å². The molecule has 1 heterocycles. The summed E-state index contributed by atoms with van der Waals surface area (Å²) in [5.41, 5.74) is 1.38. The minimum atomic E-state index is -0.309. The van der Waals surface area contributed by atoms with Crippen molar-refractivity contribution in [3.8, 4) is 11.5 Å². The van der Waals surface area contributed by atoms with E-state index in [4.69, 9.17) is 21.1 Å². The Morgan fingerprint density at radius 3 is 2.38 bits per heavy atom. The van der Waals surface area contributed by atoms with Gasteiger partial charge in [-0.3, -0.25) is 4.79 Å². The van der Waals surface area contributed by atoms with Crippen LogP contribution < -0.4 is 14.3 Å². The van der Waals surface area contributed by atoms with E-state index in [-0.39, 0.29) is 5.91 Å². The van der Waals surface area contributed by atoms with E-state index in [2.05, 4.69) is 11.9 Å². The van der Waals surface area contributed by atoms with E-state index in [0.717, 1.165) is 34.7 Å². The fraction of sp³-hybridized carbons (Fsp3) is 0.263. The van der Waals surface area contributed by atoms with Crippen LogP contribution in [0.15, 0.2) is 41.4 Å². The maximum absolute atomic E-state index is 12.6. The number of rotatable bonds is 5. The minimum Gasteiger partial charge on any atom is -0.495 e. The molecule has 0 aliphatic carbocycles. The van der Waals surface area contributed by atoms with Crippen LogP contribution in [-0.4, -0.2) is 24.7 Å². The molecule has 7 heteroatoms. The van der Waals surface area contributed by atoms with Crippen molar-refractivity contribution in [2.75, 3.05) is 14.2 Å². The Hall–Kier alpha value is -2.31. The van der Waals surface area contributed by atoms with E-state index in [0.29, 0.717) is 15.4 Å². The lowest BCUT2D eigenvalue weighted by Gasteiger charge is -2.09. The van der Waals surface area contributed by atoms with Crippen molar-refractivity contribution in [2.24, 2.45) is 4.99 Å². The van der Waals surface area contributed by atoms with Gasteiger partial charge in [0.1, 0.15) is 21.7 Å². The molecule has 0 saturated carbocycles. The van der Waals surface area contributed by atoms with Crippen molar-refractivity contribution in [3.05, 3.63) is 51.8 Å². The fourth-order valence-corrected chi connectivity index (χ4v) is 4.00. The molecule has 0 bridgehead atoms. The molecule has 136 valence electrons. The van der Waals surface area contributed by atoms with Gasteiger partial charge in [0.2, 0.25) is 0 Å². The number of hydrogen-bond donors (Lipinski definition) is 0. The normalized spacial score (nSPS) is 11.8. The van der Waals surface area contributed by atoms with E-state index in [9.17, 15) is 4.79 Å². The summed E-state index contributed by atoms with van der Waals surface area (Å²) in [6, 6.07) is 10.4. The smallest absolute Gasteiger partial charge is 0.279 e. The van der Waals surface area contributed by atoms with Gasteiger partial charge in [-0.05, 0) is 42.8 Å². The molecule has 0 unspecified atom stereocenters. The number of amides is 1. The molecule has 0 aliphatic heterocycles. The number of thiazole rings is 1. The number of ether oxygens (including phenoxy) is 2. The Balaban J connectivity index is 2.22. The van der Waals surface area contributed by atoms with Crippen LogP contribution in [0.25, 0.3) is 10.2 Å². The molecular formula is C19H19ClN2O3S. The van der Waals surface area contributed by atoms with Crippen LogP contribution in [-0.2, 0) is 6.54 Å². The first-order valence-electron chi connectivity index (χ1n) is 8.18. The SMILES string of the molecule is CCCn1c(=NC(=O)c2ccc(Cl)cc2)sc2c(OC)ccc(OC)c21. The van der Waals surface area contributed by atoms with Crippen molar-refractivity contribution in [1.29, 1.82) is 0 Å². The number of nitrogens with zero attached hydrogens (tertiary/aromatic N) is 2.